The molecule has 0 aliphatic carbocycles. The summed E-state index contributed by atoms with van der Waals surface area (Å²) in [4.78, 5) is 11.6. The van der Waals surface area contributed by atoms with Crippen molar-refractivity contribution in [2.24, 2.45) is 7.05 Å². The van der Waals surface area contributed by atoms with Crippen molar-refractivity contribution in [2.45, 2.75) is 19.3 Å². The second kappa shape index (κ2) is 6.38. The van der Waals surface area contributed by atoms with Gasteiger partial charge in [-0.25, -0.2) is 0 Å². The minimum Gasteiger partial charge on any atom is -0.396 e. The highest BCUT2D eigenvalue weighted by molar-refractivity contribution is 5.84. The Hall–Kier alpha value is -1.81. The van der Waals surface area contributed by atoms with Gasteiger partial charge in [0.1, 0.15) is 0 Å². The Labute approximate surface area is 113 Å². The molecular weight excluding hydrogens is 240 g/mol. The summed E-state index contributed by atoms with van der Waals surface area (Å²) < 4.78 is 2.09. The molecule has 19 heavy (non-hydrogen) atoms. The second-order valence-electron chi connectivity index (χ2n) is 4.71. The van der Waals surface area contributed by atoms with Crippen molar-refractivity contribution in [3.05, 3.63) is 36.0 Å². The standard InChI is InChI=1S/C15H20N2O2/c1-17-11-12(13-5-2-3-6-14(13)17)7-8-15(19)16-9-4-10-18/h2-3,5-6,11,18H,4,7-10H2,1H3,(H,16,19). The summed E-state index contributed by atoms with van der Waals surface area (Å²) in [5.41, 5.74) is 2.40. The number of hydrogen-bond donors (Lipinski definition) is 2. The fraction of sp³-hybridized carbons (Fsp3) is 0.400. The van der Waals surface area contributed by atoms with E-state index in [4.69, 9.17) is 5.11 Å². The van der Waals surface area contributed by atoms with E-state index < -0.39 is 0 Å². The van der Waals surface area contributed by atoms with Crippen LogP contribution in [0.5, 0.6) is 0 Å². The number of fused-ring (bicyclic) bond motifs is 1. The number of benzene rings is 1. The highest BCUT2D eigenvalue weighted by Crippen LogP contribution is 2.21. The number of aromatic nitrogens is 1. The quantitative estimate of drug-likeness (QED) is 0.775. The molecule has 1 heterocycles. The van der Waals surface area contributed by atoms with Crippen molar-refractivity contribution in [3.63, 3.8) is 0 Å². The minimum absolute atomic E-state index is 0.0429. The molecule has 102 valence electrons. The predicted molar refractivity (Wildman–Crippen MR) is 76.0 cm³/mol. The van der Waals surface area contributed by atoms with Gasteiger partial charge in [0.05, 0.1) is 0 Å². The number of para-hydroxylation sites is 1. The molecule has 2 N–H and O–H groups in total. The number of rotatable bonds is 6. The number of nitrogens with one attached hydrogen (secondary N) is 1. The Kier molecular flexibility index (Phi) is 4.58. The number of aryl methyl sites for hydroxylation is 2. The highest BCUT2D eigenvalue weighted by Gasteiger charge is 2.08. The first kappa shape index (κ1) is 13.6. The molecule has 0 spiro atoms. The van der Waals surface area contributed by atoms with Crippen LogP contribution in [0.1, 0.15) is 18.4 Å². The molecule has 0 bridgehead atoms. The van der Waals surface area contributed by atoms with E-state index >= 15 is 0 Å². The summed E-state index contributed by atoms with van der Waals surface area (Å²) in [6.45, 7) is 0.661. The number of nitrogens with zero attached hydrogens (tertiary/aromatic N) is 1. The zero-order valence-electron chi connectivity index (χ0n) is 11.2. The van der Waals surface area contributed by atoms with E-state index in [0.29, 0.717) is 19.4 Å². The molecule has 2 rings (SSSR count). The maximum absolute atomic E-state index is 11.6. The molecule has 4 nitrogen and oxygen atoms in total. The van der Waals surface area contributed by atoms with Crippen molar-refractivity contribution in [1.82, 2.24) is 9.88 Å². The third kappa shape index (κ3) is 3.35. The van der Waals surface area contributed by atoms with Crippen LogP contribution in [0.25, 0.3) is 10.9 Å². The summed E-state index contributed by atoms with van der Waals surface area (Å²) in [6.07, 6.45) is 3.93. The highest BCUT2D eigenvalue weighted by atomic mass is 16.3. The molecule has 0 saturated heterocycles. The van der Waals surface area contributed by atoms with Crippen LogP contribution in [0.4, 0.5) is 0 Å². The van der Waals surface area contributed by atoms with Gasteiger partial charge in [0, 0.05) is 43.7 Å². The molecule has 0 radical (unpaired) electrons. The van der Waals surface area contributed by atoms with Crippen molar-refractivity contribution >= 4 is 16.8 Å². The zero-order valence-corrected chi connectivity index (χ0v) is 11.2. The molecule has 0 aliphatic rings. The predicted octanol–water partition coefficient (Wildman–Crippen LogP) is 1.61. The second-order valence-corrected chi connectivity index (χ2v) is 4.71. The van der Waals surface area contributed by atoms with Crippen LogP contribution in [-0.4, -0.2) is 28.7 Å². The average Bonchev–Trinajstić information content (AvgIpc) is 2.74. The SMILES string of the molecule is Cn1cc(CCC(=O)NCCCO)c2ccccc21. The molecule has 0 unspecified atom stereocenters. The number of hydrogen-bond acceptors (Lipinski definition) is 2. The van der Waals surface area contributed by atoms with Crippen LogP contribution in [0.3, 0.4) is 0 Å². The van der Waals surface area contributed by atoms with E-state index in [-0.39, 0.29) is 12.5 Å². The number of carbonyl (C=O) groups excluding carboxylic acids is 1. The molecule has 0 saturated carbocycles. The lowest BCUT2D eigenvalue weighted by atomic mass is 10.1. The lowest BCUT2D eigenvalue weighted by Crippen LogP contribution is -2.25. The first-order chi connectivity index (χ1) is 9.22. The van der Waals surface area contributed by atoms with Gasteiger partial charge in [0.15, 0.2) is 0 Å². The van der Waals surface area contributed by atoms with Gasteiger partial charge in [-0.1, -0.05) is 18.2 Å². The van der Waals surface area contributed by atoms with Gasteiger partial charge >= 0.3 is 0 Å². The zero-order chi connectivity index (χ0) is 13.7. The summed E-state index contributed by atoms with van der Waals surface area (Å²) in [6, 6.07) is 8.22. The molecular formula is C15H20N2O2. The van der Waals surface area contributed by atoms with Crippen molar-refractivity contribution < 1.29 is 9.90 Å². The van der Waals surface area contributed by atoms with Gasteiger partial charge in [-0.05, 0) is 24.5 Å². The third-order valence-corrected chi connectivity index (χ3v) is 3.26. The average molecular weight is 260 g/mol. The maximum Gasteiger partial charge on any atom is 0.220 e. The molecule has 1 amide bonds. The van der Waals surface area contributed by atoms with Crippen LogP contribution in [0.2, 0.25) is 0 Å². The number of amides is 1. The fourth-order valence-corrected chi connectivity index (χ4v) is 2.27. The van der Waals surface area contributed by atoms with E-state index in [0.717, 1.165) is 6.42 Å². The first-order valence-electron chi connectivity index (χ1n) is 6.63. The van der Waals surface area contributed by atoms with Crippen LogP contribution < -0.4 is 5.32 Å². The fourth-order valence-electron chi connectivity index (χ4n) is 2.27. The van der Waals surface area contributed by atoms with E-state index in [1.54, 1.807) is 0 Å². The van der Waals surface area contributed by atoms with Crippen molar-refractivity contribution in [1.29, 1.82) is 0 Å². The van der Waals surface area contributed by atoms with Crippen LogP contribution in [0.15, 0.2) is 30.5 Å². The monoisotopic (exact) mass is 260 g/mol. The van der Waals surface area contributed by atoms with Crippen molar-refractivity contribution in [3.8, 4) is 0 Å². The molecule has 0 aliphatic heterocycles. The van der Waals surface area contributed by atoms with Gasteiger partial charge in [0.25, 0.3) is 0 Å². The van der Waals surface area contributed by atoms with Crippen LogP contribution in [0, 0.1) is 0 Å². The minimum atomic E-state index is 0.0429. The third-order valence-electron chi connectivity index (χ3n) is 3.26. The van der Waals surface area contributed by atoms with E-state index in [1.165, 1.54) is 16.5 Å². The summed E-state index contributed by atoms with van der Waals surface area (Å²) in [5, 5.41) is 12.7. The molecule has 4 heteroatoms. The lowest BCUT2D eigenvalue weighted by Gasteiger charge is -2.03. The lowest BCUT2D eigenvalue weighted by molar-refractivity contribution is -0.121. The van der Waals surface area contributed by atoms with E-state index in [9.17, 15) is 4.79 Å². The largest absolute Gasteiger partial charge is 0.396 e. The smallest absolute Gasteiger partial charge is 0.220 e. The first-order valence-corrected chi connectivity index (χ1v) is 6.63. The Balaban J connectivity index is 1.96. The van der Waals surface area contributed by atoms with Crippen LogP contribution in [-0.2, 0) is 18.3 Å². The topological polar surface area (TPSA) is 54.3 Å². The van der Waals surface area contributed by atoms with Crippen LogP contribution >= 0.6 is 0 Å². The Morgan fingerprint density at radius 1 is 1.37 bits per heavy atom. The summed E-state index contributed by atoms with van der Waals surface area (Å²) >= 11 is 0. The number of aliphatic hydroxyl groups is 1. The summed E-state index contributed by atoms with van der Waals surface area (Å²) in [5.74, 6) is 0.0429. The Morgan fingerprint density at radius 2 is 2.16 bits per heavy atom. The number of carbonyl (C=O) groups is 1. The normalized spacial score (nSPS) is 10.8. The maximum atomic E-state index is 11.6. The molecule has 0 atom stereocenters. The number of aliphatic hydroxyl groups excluding tert-OH is 1. The van der Waals surface area contributed by atoms with Crippen molar-refractivity contribution in [2.75, 3.05) is 13.2 Å². The Bertz CT molecular complexity index is 560. The van der Waals surface area contributed by atoms with Gasteiger partial charge in [0.2, 0.25) is 5.91 Å². The molecule has 2 aromatic rings. The van der Waals surface area contributed by atoms with Gasteiger partial charge in [-0.3, -0.25) is 4.79 Å². The molecule has 1 aromatic heterocycles. The summed E-state index contributed by atoms with van der Waals surface area (Å²) in [7, 11) is 2.02. The molecule has 1 aromatic carbocycles. The Morgan fingerprint density at radius 3 is 2.95 bits per heavy atom. The van der Waals surface area contributed by atoms with Gasteiger partial charge in [-0.15, -0.1) is 0 Å². The molecule has 0 fully saturated rings. The van der Waals surface area contributed by atoms with E-state index in [2.05, 4.69) is 28.2 Å². The van der Waals surface area contributed by atoms with Gasteiger partial charge in [-0.2, -0.15) is 0 Å². The van der Waals surface area contributed by atoms with Gasteiger partial charge < -0.3 is 15.0 Å². The van der Waals surface area contributed by atoms with E-state index in [1.807, 2.05) is 19.2 Å².